The summed E-state index contributed by atoms with van der Waals surface area (Å²) in [6.45, 7) is 20.4. The standard InChI is InChI=1S/C9H20O2.C8H14O2.C6H8O3/c1-6-7(2)8(11-10)9(3,4)5;1-5(7(3)9)6(2)8(4)10;1-3-4(2)6(8)9-5(3)7/h7-8,10H,6H2,1-5H3;5-6H,1-4H3;3-4H,1-2H3. The van der Waals surface area contributed by atoms with Crippen molar-refractivity contribution < 1.29 is 34.1 Å². The molecule has 0 saturated carbocycles. The lowest BCUT2D eigenvalue weighted by Crippen LogP contribution is -2.34. The van der Waals surface area contributed by atoms with Crippen LogP contribution in [0.3, 0.4) is 0 Å². The van der Waals surface area contributed by atoms with Crippen LogP contribution in [0.2, 0.25) is 0 Å². The Balaban J connectivity index is 0. The highest BCUT2D eigenvalue weighted by Gasteiger charge is 2.37. The molecule has 6 atom stereocenters. The van der Waals surface area contributed by atoms with E-state index < -0.39 is 11.9 Å². The largest absolute Gasteiger partial charge is 0.393 e. The van der Waals surface area contributed by atoms with Gasteiger partial charge in [0.2, 0.25) is 0 Å². The molecule has 0 aromatic heterocycles. The van der Waals surface area contributed by atoms with Crippen molar-refractivity contribution in [3.05, 3.63) is 0 Å². The molecule has 1 saturated heterocycles. The minimum Gasteiger partial charge on any atom is -0.393 e. The first-order valence-electron chi connectivity index (χ1n) is 10.6. The topological polar surface area (TPSA) is 107 Å². The van der Waals surface area contributed by atoms with E-state index in [9.17, 15) is 19.2 Å². The number of esters is 2. The lowest BCUT2D eigenvalue weighted by atomic mass is 9.81. The van der Waals surface area contributed by atoms with E-state index in [-0.39, 0.29) is 46.8 Å². The van der Waals surface area contributed by atoms with E-state index in [0.29, 0.717) is 5.92 Å². The van der Waals surface area contributed by atoms with E-state index in [4.69, 9.17) is 5.26 Å². The van der Waals surface area contributed by atoms with Gasteiger partial charge in [0.1, 0.15) is 17.7 Å². The van der Waals surface area contributed by atoms with Crippen LogP contribution in [-0.2, 0) is 28.8 Å². The van der Waals surface area contributed by atoms with Crippen molar-refractivity contribution in [3.63, 3.8) is 0 Å². The van der Waals surface area contributed by atoms with Crippen LogP contribution in [0, 0.1) is 35.0 Å². The molecule has 0 spiro atoms. The third-order valence-corrected chi connectivity index (χ3v) is 5.86. The fourth-order valence-electron chi connectivity index (χ4n) is 2.73. The summed E-state index contributed by atoms with van der Waals surface area (Å²) in [5, 5.41) is 8.66. The van der Waals surface area contributed by atoms with Crippen molar-refractivity contribution in [2.24, 2.45) is 35.0 Å². The van der Waals surface area contributed by atoms with Crippen LogP contribution in [-0.4, -0.2) is 34.9 Å². The third-order valence-electron chi connectivity index (χ3n) is 5.86. The predicted molar refractivity (Wildman–Crippen MR) is 116 cm³/mol. The van der Waals surface area contributed by atoms with Gasteiger partial charge in [0.25, 0.3) is 0 Å². The normalized spacial score (nSPS) is 22.4. The molecule has 1 aliphatic heterocycles. The molecule has 1 rings (SSSR count). The molecule has 1 fully saturated rings. The van der Waals surface area contributed by atoms with Gasteiger partial charge in [0.05, 0.1) is 11.8 Å². The summed E-state index contributed by atoms with van der Waals surface area (Å²) < 4.78 is 4.31. The van der Waals surface area contributed by atoms with Crippen LogP contribution in [0.5, 0.6) is 0 Å². The minimum absolute atomic E-state index is 0.0180. The van der Waals surface area contributed by atoms with Gasteiger partial charge < -0.3 is 4.74 Å². The Kier molecular flexibility index (Phi) is 13.9. The predicted octanol–water partition coefficient (Wildman–Crippen LogP) is 4.72. The Morgan fingerprint density at radius 3 is 1.40 bits per heavy atom. The number of ketones is 2. The Bertz CT molecular complexity index is 541. The fraction of sp³-hybridized carbons (Fsp3) is 0.826. The Morgan fingerprint density at radius 2 is 1.30 bits per heavy atom. The maximum atomic E-state index is 10.7. The highest BCUT2D eigenvalue weighted by molar-refractivity contribution is 5.95. The first-order chi connectivity index (χ1) is 13.5. The highest BCUT2D eigenvalue weighted by atomic mass is 17.1. The quantitative estimate of drug-likeness (QED) is 0.281. The van der Waals surface area contributed by atoms with Crippen LogP contribution >= 0.6 is 0 Å². The maximum absolute atomic E-state index is 10.7. The Hall–Kier alpha value is -1.60. The van der Waals surface area contributed by atoms with Crippen LogP contribution in [0.4, 0.5) is 0 Å². The van der Waals surface area contributed by atoms with Crippen LogP contribution < -0.4 is 0 Å². The molecule has 0 amide bonds. The molecule has 0 aliphatic carbocycles. The molecular formula is C23H42O7. The molecule has 6 unspecified atom stereocenters. The van der Waals surface area contributed by atoms with Gasteiger partial charge in [-0.2, -0.15) is 0 Å². The van der Waals surface area contributed by atoms with Gasteiger partial charge in [-0.1, -0.05) is 68.7 Å². The number of Topliss-reactive ketones (excluding diaryl/α,β-unsaturated/α-hetero) is 2. The lowest BCUT2D eigenvalue weighted by molar-refractivity contribution is -0.310. The first kappa shape index (κ1) is 30.6. The van der Waals surface area contributed by atoms with E-state index in [1.807, 2.05) is 0 Å². The first-order valence-corrected chi connectivity index (χ1v) is 10.6. The van der Waals surface area contributed by atoms with Crippen LogP contribution in [0.25, 0.3) is 0 Å². The second-order valence-corrected chi connectivity index (χ2v) is 9.39. The number of cyclic esters (lactones) is 2. The number of hydrogen-bond donors (Lipinski definition) is 1. The molecule has 30 heavy (non-hydrogen) atoms. The summed E-state index contributed by atoms with van der Waals surface area (Å²) in [4.78, 5) is 47.0. The molecule has 0 aromatic carbocycles. The maximum Gasteiger partial charge on any atom is 0.317 e. The number of ether oxygens (including phenoxy) is 1. The van der Waals surface area contributed by atoms with Crippen molar-refractivity contribution in [3.8, 4) is 0 Å². The second kappa shape index (κ2) is 13.7. The van der Waals surface area contributed by atoms with Gasteiger partial charge in [-0.3, -0.25) is 24.4 Å². The average molecular weight is 431 g/mol. The molecule has 7 heteroatoms. The minimum atomic E-state index is -0.396. The highest BCUT2D eigenvalue weighted by Crippen LogP contribution is 2.29. The molecule has 0 aromatic rings. The van der Waals surface area contributed by atoms with Gasteiger partial charge in [-0.05, 0) is 25.2 Å². The summed E-state index contributed by atoms with van der Waals surface area (Å²) in [5.41, 5.74) is 0.0180. The molecular weight excluding hydrogens is 388 g/mol. The summed E-state index contributed by atoms with van der Waals surface area (Å²) in [6, 6.07) is 0. The Morgan fingerprint density at radius 1 is 0.967 bits per heavy atom. The molecule has 7 nitrogen and oxygen atoms in total. The average Bonchev–Trinajstić information content (AvgIpc) is 2.86. The van der Waals surface area contributed by atoms with Crippen molar-refractivity contribution in [1.29, 1.82) is 0 Å². The van der Waals surface area contributed by atoms with E-state index in [2.05, 4.69) is 44.2 Å². The fourth-order valence-corrected chi connectivity index (χ4v) is 2.73. The Labute approximate surface area is 181 Å². The molecule has 1 aliphatic rings. The summed E-state index contributed by atoms with van der Waals surface area (Å²) in [5.74, 6) is -0.976. The monoisotopic (exact) mass is 430 g/mol. The van der Waals surface area contributed by atoms with Crippen molar-refractivity contribution >= 4 is 23.5 Å². The SMILES string of the molecule is CC(=O)C(C)C(C)C(C)=O.CC1C(=O)OC(=O)C1C.CCC(C)C(OO)C(C)(C)C. The summed E-state index contributed by atoms with van der Waals surface area (Å²) in [6.07, 6.45) is 0.968. The smallest absolute Gasteiger partial charge is 0.317 e. The zero-order chi connectivity index (χ0) is 24.4. The lowest BCUT2D eigenvalue weighted by Gasteiger charge is -2.31. The van der Waals surface area contributed by atoms with Crippen LogP contribution in [0.1, 0.15) is 82.6 Å². The van der Waals surface area contributed by atoms with Crippen molar-refractivity contribution in [1.82, 2.24) is 0 Å². The summed E-state index contributed by atoms with van der Waals surface area (Å²) in [7, 11) is 0. The van der Waals surface area contributed by atoms with Gasteiger partial charge >= 0.3 is 11.9 Å². The van der Waals surface area contributed by atoms with E-state index in [1.54, 1.807) is 27.7 Å². The molecule has 176 valence electrons. The number of carbonyl (C=O) groups is 4. The van der Waals surface area contributed by atoms with Crippen molar-refractivity contribution in [2.75, 3.05) is 0 Å². The second-order valence-electron chi connectivity index (χ2n) is 9.39. The van der Waals surface area contributed by atoms with E-state index in [1.165, 1.54) is 13.8 Å². The van der Waals surface area contributed by atoms with E-state index >= 15 is 0 Å². The van der Waals surface area contributed by atoms with Crippen molar-refractivity contribution in [2.45, 2.75) is 88.7 Å². The summed E-state index contributed by atoms with van der Waals surface area (Å²) >= 11 is 0. The number of carbonyl (C=O) groups excluding carboxylic acids is 4. The molecule has 1 N–H and O–H groups in total. The van der Waals surface area contributed by atoms with Gasteiger partial charge in [-0.25, -0.2) is 4.89 Å². The van der Waals surface area contributed by atoms with Crippen LogP contribution in [0.15, 0.2) is 0 Å². The molecule has 0 bridgehead atoms. The van der Waals surface area contributed by atoms with Gasteiger partial charge in [0.15, 0.2) is 0 Å². The molecule has 0 radical (unpaired) electrons. The van der Waals surface area contributed by atoms with Gasteiger partial charge in [0, 0.05) is 11.8 Å². The number of hydrogen-bond acceptors (Lipinski definition) is 7. The van der Waals surface area contributed by atoms with E-state index in [0.717, 1.165) is 6.42 Å². The zero-order valence-electron chi connectivity index (χ0n) is 20.6. The zero-order valence-corrected chi connectivity index (χ0v) is 20.6. The third kappa shape index (κ3) is 10.4. The number of rotatable bonds is 6. The van der Waals surface area contributed by atoms with Gasteiger partial charge in [-0.15, -0.1) is 0 Å². The molecule has 1 heterocycles.